The first-order valence-electron chi connectivity index (χ1n) is 6.20. The largest absolute Gasteiger partial charge is 0.467 e. The Labute approximate surface area is 111 Å². The molecule has 0 unspecified atom stereocenters. The molecule has 98 valence electrons. The summed E-state index contributed by atoms with van der Waals surface area (Å²) in [7, 11) is 0. The van der Waals surface area contributed by atoms with Gasteiger partial charge in [0.25, 0.3) is 0 Å². The molecule has 0 bridgehead atoms. The molecule has 0 aliphatic heterocycles. The highest BCUT2D eigenvalue weighted by Gasteiger charge is 2.16. The van der Waals surface area contributed by atoms with E-state index in [0.29, 0.717) is 18.2 Å². The van der Waals surface area contributed by atoms with Gasteiger partial charge in [-0.3, -0.25) is 0 Å². The van der Waals surface area contributed by atoms with Crippen LogP contribution in [0.25, 0.3) is 11.0 Å². The van der Waals surface area contributed by atoms with Crippen LogP contribution >= 0.6 is 0 Å². The summed E-state index contributed by atoms with van der Waals surface area (Å²) >= 11 is 0. The molecule has 0 spiro atoms. The molecule has 0 aliphatic carbocycles. The molecule has 0 aliphatic rings. The Morgan fingerprint density at radius 2 is 2.05 bits per heavy atom. The molecule has 19 heavy (non-hydrogen) atoms. The van der Waals surface area contributed by atoms with Gasteiger partial charge in [-0.1, -0.05) is 0 Å². The molecule has 0 atom stereocenters. The summed E-state index contributed by atoms with van der Waals surface area (Å²) in [5, 5.41) is 0.939. The second-order valence-corrected chi connectivity index (χ2v) is 4.73. The molecule has 0 fully saturated rings. The van der Waals surface area contributed by atoms with Crippen LogP contribution in [0.15, 0.2) is 22.8 Å². The van der Waals surface area contributed by atoms with E-state index in [4.69, 9.17) is 10.2 Å². The zero-order valence-corrected chi connectivity index (χ0v) is 11.3. The lowest BCUT2D eigenvalue weighted by atomic mass is 10.2. The normalized spacial score (nSPS) is 11.3. The molecule has 0 saturated heterocycles. The quantitative estimate of drug-likeness (QED) is 0.765. The predicted octanol–water partition coefficient (Wildman–Crippen LogP) is 2.58. The Morgan fingerprint density at radius 1 is 1.26 bits per heavy atom. The molecule has 0 amide bonds. The van der Waals surface area contributed by atoms with Crippen LogP contribution < -0.4 is 5.73 Å². The molecule has 5 heteroatoms. The minimum absolute atomic E-state index is 0.543. The van der Waals surface area contributed by atoms with Crippen molar-refractivity contribution in [2.45, 2.75) is 27.3 Å². The third-order valence-corrected chi connectivity index (χ3v) is 3.50. The van der Waals surface area contributed by atoms with Crippen molar-refractivity contribution in [1.82, 2.24) is 14.5 Å². The smallest absolute Gasteiger partial charge is 0.146 e. The predicted molar refractivity (Wildman–Crippen MR) is 74.0 cm³/mol. The number of aryl methyl sites for hydroxylation is 2. The Kier molecular flexibility index (Phi) is 2.55. The monoisotopic (exact) mass is 256 g/mol. The zero-order chi connectivity index (χ0) is 13.6. The molecule has 5 nitrogen and oxygen atoms in total. The van der Waals surface area contributed by atoms with Crippen LogP contribution in [0.2, 0.25) is 0 Å². The third-order valence-electron chi connectivity index (χ3n) is 3.50. The van der Waals surface area contributed by atoms with Gasteiger partial charge in [0.1, 0.15) is 23.0 Å². The molecule has 0 saturated carbocycles. The summed E-state index contributed by atoms with van der Waals surface area (Å²) in [4.78, 5) is 8.77. The van der Waals surface area contributed by atoms with Gasteiger partial charge in [-0.25, -0.2) is 9.97 Å². The molecule has 2 N–H and O–H groups in total. The van der Waals surface area contributed by atoms with Gasteiger partial charge in [-0.05, 0) is 38.5 Å². The Bertz CT molecular complexity index is 741. The third kappa shape index (κ3) is 1.78. The number of nitrogens with zero attached hydrogens (tertiary/aromatic N) is 3. The highest BCUT2D eigenvalue weighted by molar-refractivity contribution is 5.91. The van der Waals surface area contributed by atoms with Crippen molar-refractivity contribution in [2.24, 2.45) is 0 Å². The number of rotatable bonds is 2. The molecule has 3 aromatic rings. The highest BCUT2D eigenvalue weighted by atomic mass is 16.3. The van der Waals surface area contributed by atoms with E-state index in [0.717, 1.165) is 28.1 Å². The van der Waals surface area contributed by atoms with Gasteiger partial charge in [0.2, 0.25) is 0 Å². The number of nitrogens with two attached hydrogens (primary N) is 1. The second-order valence-electron chi connectivity index (χ2n) is 4.73. The van der Waals surface area contributed by atoms with Crippen LogP contribution in [0.3, 0.4) is 0 Å². The maximum absolute atomic E-state index is 6.03. The fourth-order valence-corrected chi connectivity index (χ4v) is 2.43. The first-order chi connectivity index (χ1) is 9.08. The summed E-state index contributed by atoms with van der Waals surface area (Å²) in [6.07, 6.45) is 1.68. The zero-order valence-electron chi connectivity index (χ0n) is 11.3. The fraction of sp³-hybridized carbons (Fsp3) is 0.286. The summed E-state index contributed by atoms with van der Waals surface area (Å²) in [5.41, 5.74) is 9.16. The van der Waals surface area contributed by atoms with Crippen LogP contribution in [0.4, 0.5) is 5.82 Å². The lowest BCUT2D eigenvalue weighted by molar-refractivity contribution is 0.494. The summed E-state index contributed by atoms with van der Waals surface area (Å²) in [6, 6.07) is 3.84. The topological polar surface area (TPSA) is 69.9 Å². The lowest BCUT2D eigenvalue weighted by Crippen LogP contribution is -2.04. The van der Waals surface area contributed by atoms with E-state index in [1.165, 1.54) is 0 Å². The number of aromatic nitrogens is 3. The van der Waals surface area contributed by atoms with Gasteiger partial charge in [0.05, 0.1) is 18.2 Å². The van der Waals surface area contributed by atoms with Crippen LogP contribution in [-0.2, 0) is 6.54 Å². The van der Waals surface area contributed by atoms with E-state index in [1.807, 2.05) is 26.0 Å². The van der Waals surface area contributed by atoms with Gasteiger partial charge in [-0.15, -0.1) is 0 Å². The minimum Gasteiger partial charge on any atom is -0.467 e. The first-order valence-corrected chi connectivity index (χ1v) is 6.20. The number of nitrogen functional groups attached to an aromatic ring is 1. The highest BCUT2D eigenvalue weighted by Crippen LogP contribution is 2.28. The van der Waals surface area contributed by atoms with E-state index < -0.39 is 0 Å². The van der Waals surface area contributed by atoms with Gasteiger partial charge < -0.3 is 14.7 Å². The number of anilines is 1. The maximum atomic E-state index is 6.03. The van der Waals surface area contributed by atoms with E-state index in [2.05, 4.69) is 21.5 Å². The van der Waals surface area contributed by atoms with Gasteiger partial charge in [-0.2, -0.15) is 0 Å². The molecule has 0 radical (unpaired) electrons. The first kappa shape index (κ1) is 11.8. The average Bonchev–Trinajstić information content (AvgIpc) is 2.93. The van der Waals surface area contributed by atoms with Crippen molar-refractivity contribution in [3.8, 4) is 0 Å². The number of hydrogen-bond donors (Lipinski definition) is 1. The van der Waals surface area contributed by atoms with E-state index in [-0.39, 0.29) is 0 Å². The summed E-state index contributed by atoms with van der Waals surface area (Å²) in [6.45, 7) is 6.61. The molecule has 3 heterocycles. The lowest BCUT2D eigenvalue weighted by Gasteiger charge is -2.06. The molecule has 3 rings (SSSR count). The maximum Gasteiger partial charge on any atom is 0.146 e. The van der Waals surface area contributed by atoms with Crippen molar-refractivity contribution >= 4 is 16.9 Å². The molecule has 3 aromatic heterocycles. The number of hydrogen-bond acceptors (Lipinski definition) is 4. The van der Waals surface area contributed by atoms with Gasteiger partial charge in [0.15, 0.2) is 0 Å². The number of furan rings is 1. The van der Waals surface area contributed by atoms with Crippen LogP contribution in [0, 0.1) is 20.8 Å². The van der Waals surface area contributed by atoms with Crippen LogP contribution in [0.1, 0.15) is 22.8 Å². The van der Waals surface area contributed by atoms with E-state index >= 15 is 0 Å². The van der Waals surface area contributed by atoms with Crippen molar-refractivity contribution in [1.29, 1.82) is 0 Å². The van der Waals surface area contributed by atoms with Crippen molar-refractivity contribution in [2.75, 3.05) is 5.73 Å². The van der Waals surface area contributed by atoms with E-state index in [1.54, 1.807) is 6.26 Å². The molecule has 0 aromatic carbocycles. The SMILES string of the molecule is Cc1nc(N)c2c(C)c(C)n(Cc3ccco3)c2n1. The van der Waals surface area contributed by atoms with Crippen molar-refractivity contribution in [3.63, 3.8) is 0 Å². The Balaban J connectivity index is 2.26. The van der Waals surface area contributed by atoms with Crippen LogP contribution in [-0.4, -0.2) is 14.5 Å². The summed E-state index contributed by atoms with van der Waals surface area (Å²) < 4.78 is 7.54. The molecular weight excluding hydrogens is 240 g/mol. The van der Waals surface area contributed by atoms with Crippen molar-refractivity contribution < 1.29 is 4.42 Å². The second kappa shape index (κ2) is 4.12. The summed E-state index contributed by atoms with van der Waals surface area (Å²) in [5.74, 6) is 2.12. The Hall–Kier alpha value is -2.30. The van der Waals surface area contributed by atoms with Gasteiger partial charge in [0, 0.05) is 5.69 Å². The Morgan fingerprint density at radius 3 is 2.74 bits per heavy atom. The standard InChI is InChI=1S/C14H16N4O/c1-8-9(2)18(7-11-5-4-6-19-11)14-12(8)13(15)16-10(3)17-14/h4-6H,7H2,1-3H3,(H2,15,16,17). The van der Waals surface area contributed by atoms with Gasteiger partial charge >= 0.3 is 0 Å². The van der Waals surface area contributed by atoms with Crippen molar-refractivity contribution in [3.05, 3.63) is 41.2 Å². The van der Waals surface area contributed by atoms with Crippen LogP contribution in [0.5, 0.6) is 0 Å². The average molecular weight is 256 g/mol. The minimum atomic E-state index is 0.543. The van der Waals surface area contributed by atoms with E-state index in [9.17, 15) is 0 Å². The number of fused-ring (bicyclic) bond motifs is 1. The fourth-order valence-electron chi connectivity index (χ4n) is 2.43. The molecular formula is C14H16N4O.